The zero-order chi connectivity index (χ0) is 15.9. The van der Waals surface area contributed by atoms with Gasteiger partial charge in [0.15, 0.2) is 0 Å². The van der Waals surface area contributed by atoms with Crippen molar-refractivity contribution in [2.75, 3.05) is 13.1 Å². The summed E-state index contributed by atoms with van der Waals surface area (Å²) in [6, 6.07) is 6.37. The zero-order valence-electron chi connectivity index (χ0n) is 13.1. The van der Waals surface area contributed by atoms with E-state index < -0.39 is 10.0 Å². The topological polar surface area (TPSA) is 40.6 Å². The quantitative estimate of drug-likeness (QED) is 0.852. The second-order valence-corrected chi connectivity index (χ2v) is 8.52. The number of nitrogens with zero attached hydrogens (tertiary/aromatic N) is 2. The monoisotopic (exact) mass is 326 g/mol. The maximum atomic E-state index is 13.0. The molecule has 2 bridgehead atoms. The molecule has 0 aliphatic carbocycles. The lowest BCUT2D eigenvalue weighted by molar-refractivity contribution is 0.103. The third-order valence-electron chi connectivity index (χ3n) is 4.76. The maximum absolute atomic E-state index is 13.0. The number of benzene rings is 1. The van der Waals surface area contributed by atoms with Crippen molar-refractivity contribution in [3.63, 3.8) is 0 Å². The molecule has 0 saturated carbocycles. The average Bonchev–Trinajstić information content (AvgIpc) is 2.73. The van der Waals surface area contributed by atoms with Gasteiger partial charge in [-0.05, 0) is 44.4 Å². The van der Waals surface area contributed by atoms with Crippen molar-refractivity contribution in [1.82, 2.24) is 9.21 Å². The molecule has 4 nitrogen and oxygen atoms in total. The molecular weight excluding hydrogens is 303 g/mol. The second kappa shape index (κ2) is 5.91. The summed E-state index contributed by atoms with van der Waals surface area (Å²) in [6.45, 7) is 5.94. The molecule has 2 aliphatic rings. The van der Waals surface area contributed by atoms with Gasteiger partial charge >= 0.3 is 0 Å². The molecule has 2 fully saturated rings. The van der Waals surface area contributed by atoms with Gasteiger partial charge in [0, 0.05) is 31.2 Å². The highest BCUT2D eigenvalue weighted by Crippen LogP contribution is 2.34. The molecule has 2 heterocycles. The van der Waals surface area contributed by atoms with Crippen molar-refractivity contribution in [2.45, 2.75) is 50.6 Å². The summed E-state index contributed by atoms with van der Waals surface area (Å²) >= 11 is 0. The standard InChI is InChI=1S/C16H23FN2O2S/c1-12(2)18-9-15-7-8-16(10-18)19(15)22(20,21)11-13-3-5-14(17)6-4-13/h3-6,12,15-16H,7-11H2,1-2H3. The normalized spacial score (nSPS) is 26.7. The van der Waals surface area contributed by atoms with Crippen LogP contribution in [0.15, 0.2) is 24.3 Å². The van der Waals surface area contributed by atoms with Crippen LogP contribution >= 0.6 is 0 Å². The minimum atomic E-state index is -3.35. The molecule has 3 rings (SSSR count). The molecule has 1 aromatic rings. The SMILES string of the molecule is CC(C)N1CC2CCC(C1)N2S(=O)(=O)Cc1ccc(F)cc1. The predicted octanol–water partition coefficient (Wildman–Crippen LogP) is 2.21. The van der Waals surface area contributed by atoms with E-state index in [2.05, 4.69) is 18.7 Å². The molecular formula is C16H23FN2O2S. The van der Waals surface area contributed by atoms with Gasteiger partial charge in [0.25, 0.3) is 0 Å². The van der Waals surface area contributed by atoms with Crippen LogP contribution in [0.3, 0.4) is 0 Å². The highest BCUT2D eigenvalue weighted by molar-refractivity contribution is 7.88. The van der Waals surface area contributed by atoms with Gasteiger partial charge in [-0.25, -0.2) is 12.8 Å². The number of hydrogen-bond donors (Lipinski definition) is 0. The van der Waals surface area contributed by atoms with Crippen LogP contribution in [0.25, 0.3) is 0 Å². The molecule has 6 heteroatoms. The first-order valence-electron chi connectivity index (χ1n) is 7.86. The number of rotatable bonds is 4. The fourth-order valence-corrected chi connectivity index (χ4v) is 5.65. The molecule has 2 saturated heterocycles. The van der Waals surface area contributed by atoms with Crippen LogP contribution in [0.1, 0.15) is 32.3 Å². The Morgan fingerprint density at radius 2 is 1.68 bits per heavy atom. The molecule has 2 atom stereocenters. The third-order valence-corrected chi connectivity index (χ3v) is 6.69. The van der Waals surface area contributed by atoms with E-state index in [0.717, 1.165) is 25.9 Å². The van der Waals surface area contributed by atoms with Gasteiger partial charge in [0.2, 0.25) is 10.0 Å². The Kier molecular flexibility index (Phi) is 4.27. The molecule has 2 aliphatic heterocycles. The van der Waals surface area contributed by atoms with Crippen LogP contribution < -0.4 is 0 Å². The predicted molar refractivity (Wildman–Crippen MR) is 84.4 cm³/mol. The van der Waals surface area contributed by atoms with Crippen LogP contribution in [0.4, 0.5) is 4.39 Å². The fraction of sp³-hybridized carbons (Fsp3) is 0.625. The van der Waals surface area contributed by atoms with Crippen LogP contribution in [0.2, 0.25) is 0 Å². The lowest BCUT2D eigenvalue weighted by atomic mass is 10.2. The van der Waals surface area contributed by atoms with Crippen molar-refractivity contribution < 1.29 is 12.8 Å². The highest BCUT2D eigenvalue weighted by atomic mass is 32.2. The zero-order valence-corrected chi connectivity index (χ0v) is 13.9. The summed E-state index contributed by atoms with van der Waals surface area (Å²) < 4.78 is 40.3. The van der Waals surface area contributed by atoms with Gasteiger partial charge in [-0.15, -0.1) is 0 Å². The lowest BCUT2D eigenvalue weighted by Gasteiger charge is -2.41. The Bertz CT molecular complexity index is 616. The van der Waals surface area contributed by atoms with Crippen LogP contribution in [0.5, 0.6) is 0 Å². The van der Waals surface area contributed by atoms with Crippen molar-refractivity contribution >= 4 is 10.0 Å². The first-order chi connectivity index (χ1) is 10.4. The Morgan fingerprint density at radius 1 is 1.14 bits per heavy atom. The molecule has 122 valence electrons. The number of fused-ring (bicyclic) bond motifs is 2. The van der Waals surface area contributed by atoms with E-state index in [-0.39, 0.29) is 23.7 Å². The lowest BCUT2D eigenvalue weighted by Crippen LogP contribution is -2.57. The van der Waals surface area contributed by atoms with E-state index in [1.807, 2.05) is 0 Å². The van der Waals surface area contributed by atoms with Crippen molar-refractivity contribution in [3.8, 4) is 0 Å². The Balaban J connectivity index is 1.77. The third kappa shape index (κ3) is 3.05. The summed E-state index contributed by atoms with van der Waals surface area (Å²) in [4.78, 5) is 2.37. The first kappa shape index (κ1) is 15.9. The van der Waals surface area contributed by atoms with E-state index >= 15 is 0 Å². The number of halogens is 1. The molecule has 0 radical (unpaired) electrons. The van der Waals surface area contributed by atoms with E-state index in [4.69, 9.17) is 0 Å². The van der Waals surface area contributed by atoms with Gasteiger partial charge in [-0.3, -0.25) is 4.90 Å². The Labute approximate surface area is 132 Å². The number of hydrogen-bond acceptors (Lipinski definition) is 3. The maximum Gasteiger partial charge on any atom is 0.218 e. The van der Waals surface area contributed by atoms with E-state index in [1.165, 1.54) is 12.1 Å². The molecule has 1 aromatic carbocycles. The van der Waals surface area contributed by atoms with Gasteiger partial charge in [-0.1, -0.05) is 12.1 Å². The van der Waals surface area contributed by atoms with Crippen molar-refractivity contribution in [2.24, 2.45) is 0 Å². The van der Waals surface area contributed by atoms with Gasteiger partial charge < -0.3 is 0 Å². The Hall–Kier alpha value is -0.980. The molecule has 0 N–H and O–H groups in total. The summed E-state index contributed by atoms with van der Waals surface area (Å²) in [5.41, 5.74) is 0.645. The molecule has 2 unspecified atom stereocenters. The van der Waals surface area contributed by atoms with Gasteiger partial charge in [-0.2, -0.15) is 4.31 Å². The fourth-order valence-electron chi connectivity index (χ4n) is 3.64. The van der Waals surface area contributed by atoms with Crippen LogP contribution in [0, 0.1) is 5.82 Å². The number of likely N-dealkylation sites (tertiary alicyclic amines) is 1. The van der Waals surface area contributed by atoms with Crippen LogP contribution in [-0.2, 0) is 15.8 Å². The van der Waals surface area contributed by atoms with Crippen LogP contribution in [-0.4, -0.2) is 48.8 Å². The molecule has 22 heavy (non-hydrogen) atoms. The minimum Gasteiger partial charge on any atom is -0.298 e. The van der Waals surface area contributed by atoms with E-state index in [0.29, 0.717) is 11.6 Å². The van der Waals surface area contributed by atoms with Crippen molar-refractivity contribution in [1.29, 1.82) is 0 Å². The highest BCUT2D eigenvalue weighted by Gasteiger charge is 2.46. The summed E-state index contributed by atoms with van der Waals surface area (Å²) in [7, 11) is -3.35. The summed E-state index contributed by atoms with van der Waals surface area (Å²) in [5.74, 6) is -0.381. The van der Waals surface area contributed by atoms with E-state index in [9.17, 15) is 12.8 Å². The first-order valence-corrected chi connectivity index (χ1v) is 9.47. The van der Waals surface area contributed by atoms with Gasteiger partial charge in [0.05, 0.1) is 5.75 Å². The van der Waals surface area contributed by atoms with E-state index in [1.54, 1.807) is 16.4 Å². The number of piperazine rings is 1. The molecule has 0 spiro atoms. The molecule has 0 amide bonds. The number of sulfonamides is 1. The minimum absolute atomic E-state index is 0.0397. The second-order valence-electron chi connectivity index (χ2n) is 6.65. The summed E-state index contributed by atoms with van der Waals surface area (Å²) in [5, 5.41) is 0. The van der Waals surface area contributed by atoms with Crippen molar-refractivity contribution in [3.05, 3.63) is 35.6 Å². The molecule has 0 aromatic heterocycles. The Morgan fingerprint density at radius 3 is 2.18 bits per heavy atom. The smallest absolute Gasteiger partial charge is 0.218 e. The van der Waals surface area contributed by atoms with Gasteiger partial charge in [0.1, 0.15) is 5.82 Å². The average molecular weight is 326 g/mol. The summed E-state index contributed by atoms with van der Waals surface area (Å²) in [6.07, 6.45) is 1.88. The largest absolute Gasteiger partial charge is 0.298 e.